The van der Waals surface area contributed by atoms with Crippen LogP contribution < -0.4 is 15.4 Å². The van der Waals surface area contributed by atoms with Crippen molar-refractivity contribution in [2.24, 2.45) is 5.92 Å². The van der Waals surface area contributed by atoms with Gasteiger partial charge in [0.2, 0.25) is 5.91 Å². The average molecular weight is 536 g/mol. The summed E-state index contributed by atoms with van der Waals surface area (Å²) >= 11 is 0. The van der Waals surface area contributed by atoms with Crippen LogP contribution in [0.1, 0.15) is 71.6 Å². The molecule has 2 rings (SSSR count). The largest absolute Gasteiger partial charge is 0.497 e. The molecule has 210 valence electrons. The lowest BCUT2D eigenvalue weighted by atomic mass is 9.97. The Morgan fingerprint density at radius 1 is 0.974 bits per heavy atom. The fourth-order valence-corrected chi connectivity index (χ4v) is 4.00. The number of methoxy groups -OCH3 is 1. The van der Waals surface area contributed by atoms with E-state index in [-0.39, 0.29) is 12.6 Å². The van der Waals surface area contributed by atoms with Gasteiger partial charge in [0, 0.05) is 17.3 Å². The van der Waals surface area contributed by atoms with Crippen molar-refractivity contribution < 1.29 is 23.9 Å². The summed E-state index contributed by atoms with van der Waals surface area (Å²) in [5.74, 6) is 2.84. The molecule has 0 fully saturated rings. The molecule has 39 heavy (non-hydrogen) atoms. The number of alkyl carbamates (subject to hydrolysis) is 1. The lowest BCUT2D eigenvalue weighted by molar-refractivity contribution is -0.140. The maximum Gasteiger partial charge on any atom is 0.408 e. The smallest absolute Gasteiger partial charge is 0.408 e. The Labute approximate surface area is 232 Å². The van der Waals surface area contributed by atoms with Gasteiger partial charge in [-0.1, -0.05) is 31.9 Å². The van der Waals surface area contributed by atoms with Crippen LogP contribution in [0.25, 0.3) is 0 Å². The lowest BCUT2D eigenvalue weighted by Crippen LogP contribution is -2.50. The molecule has 0 spiro atoms. The van der Waals surface area contributed by atoms with Crippen LogP contribution >= 0.6 is 0 Å². The molecule has 2 aromatic rings. The molecule has 2 unspecified atom stereocenters. The Kier molecular flexibility index (Phi) is 11.4. The van der Waals surface area contributed by atoms with Crippen molar-refractivity contribution in [3.05, 3.63) is 59.7 Å². The normalized spacial score (nSPS) is 12.6. The highest BCUT2D eigenvalue weighted by atomic mass is 16.6. The summed E-state index contributed by atoms with van der Waals surface area (Å²) in [6.07, 6.45) is 6.36. The molecule has 0 aromatic heterocycles. The number of benzene rings is 2. The molecule has 0 aliphatic rings. The fourth-order valence-electron chi connectivity index (χ4n) is 4.00. The maximum absolute atomic E-state index is 13.8. The zero-order chi connectivity index (χ0) is 29.2. The van der Waals surface area contributed by atoms with Crippen molar-refractivity contribution in [2.45, 2.75) is 72.1 Å². The van der Waals surface area contributed by atoms with Gasteiger partial charge in [0.1, 0.15) is 23.9 Å². The van der Waals surface area contributed by atoms with Crippen LogP contribution in [0, 0.1) is 18.3 Å². The first kappa shape index (κ1) is 31.2. The number of amides is 3. The predicted octanol–water partition coefficient (Wildman–Crippen LogP) is 5.53. The highest BCUT2D eigenvalue weighted by molar-refractivity contribution is 5.98. The minimum Gasteiger partial charge on any atom is -0.497 e. The van der Waals surface area contributed by atoms with E-state index in [2.05, 4.69) is 30.4 Å². The minimum atomic E-state index is -0.978. The second kappa shape index (κ2) is 14.2. The van der Waals surface area contributed by atoms with Crippen LogP contribution in [0.5, 0.6) is 5.75 Å². The second-order valence-electron chi connectivity index (χ2n) is 10.9. The highest BCUT2D eigenvalue weighted by Crippen LogP contribution is 2.28. The number of rotatable bonds is 11. The molecule has 2 N–H and O–H groups in total. The van der Waals surface area contributed by atoms with E-state index in [0.717, 1.165) is 6.42 Å². The van der Waals surface area contributed by atoms with E-state index in [1.165, 1.54) is 0 Å². The van der Waals surface area contributed by atoms with Crippen LogP contribution in [0.4, 0.5) is 10.5 Å². The quantitative estimate of drug-likeness (QED) is 0.369. The fraction of sp³-hybridized carbons (Fsp3) is 0.452. The third-order valence-corrected chi connectivity index (χ3v) is 5.98. The molecule has 8 heteroatoms. The van der Waals surface area contributed by atoms with Crippen LogP contribution in [0.15, 0.2) is 48.5 Å². The Morgan fingerprint density at radius 3 is 2.10 bits per heavy atom. The van der Waals surface area contributed by atoms with Crippen molar-refractivity contribution in [1.82, 2.24) is 10.2 Å². The molecule has 8 nitrogen and oxygen atoms in total. The molecule has 2 aromatic carbocycles. The third kappa shape index (κ3) is 10.0. The first-order chi connectivity index (χ1) is 18.3. The second-order valence-corrected chi connectivity index (χ2v) is 10.9. The van der Waals surface area contributed by atoms with Gasteiger partial charge in [-0.25, -0.2) is 4.79 Å². The molecule has 0 aliphatic carbocycles. The predicted molar refractivity (Wildman–Crippen MR) is 153 cm³/mol. The summed E-state index contributed by atoms with van der Waals surface area (Å²) in [5.41, 5.74) is 1.10. The number of terminal acetylenes is 1. The molecule has 0 bridgehead atoms. The Bertz CT molecular complexity index is 1140. The number of hydrogen-bond acceptors (Lipinski definition) is 5. The number of carbonyl (C=O) groups excluding carboxylic acids is 3. The summed E-state index contributed by atoms with van der Waals surface area (Å²) in [7, 11) is 1.57. The molecular weight excluding hydrogens is 494 g/mol. The van der Waals surface area contributed by atoms with Gasteiger partial charge in [-0.3, -0.25) is 9.59 Å². The van der Waals surface area contributed by atoms with Gasteiger partial charge in [0.25, 0.3) is 5.91 Å². The Morgan fingerprint density at radius 2 is 1.59 bits per heavy atom. The number of hydrogen-bond donors (Lipinski definition) is 2. The summed E-state index contributed by atoms with van der Waals surface area (Å²) in [5, 5.41) is 5.47. The zero-order valence-electron chi connectivity index (χ0n) is 24.0. The van der Waals surface area contributed by atoms with Crippen LogP contribution in [-0.4, -0.2) is 48.1 Å². The van der Waals surface area contributed by atoms with E-state index in [0.29, 0.717) is 34.9 Å². The van der Waals surface area contributed by atoms with Gasteiger partial charge in [0.15, 0.2) is 0 Å². The van der Waals surface area contributed by atoms with Crippen LogP contribution in [0.3, 0.4) is 0 Å². The molecule has 3 amide bonds. The molecule has 0 saturated carbocycles. The Hall–Kier alpha value is -3.99. The van der Waals surface area contributed by atoms with Gasteiger partial charge in [-0.15, -0.1) is 6.42 Å². The van der Waals surface area contributed by atoms with Crippen LogP contribution in [0.2, 0.25) is 0 Å². The van der Waals surface area contributed by atoms with E-state index in [1.807, 2.05) is 6.92 Å². The number of nitrogens with one attached hydrogen (secondary N) is 2. The van der Waals surface area contributed by atoms with Gasteiger partial charge < -0.3 is 25.0 Å². The van der Waals surface area contributed by atoms with E-state index < -0.39 is 29.6 Å². The van der Waals surface area contributed by atoms with Crippen molar-refractivity contribution in [3.63, 3.8) is 0 Å². The van der Waals surface area contributed by atoms with E-state index in [9.17, 15) is 14.4 Å². The van der Waals surface area contributed by atoms with Gasteiger partial charge in [-0.05, 0) is 88.4 Å². The highest BCUT2D eigenvalue weighted by Gasteiger charge is 2.35. The summed E-state index contributed by atoms with van der Waals surface area (Å²) in [6.45, 7) is 11.0. The summed E-state index contributed by atoms with van der Waals surface area (Å²) in [6, 6.07) is 12.6. The lowest BCUT2D eigenvalue weighted by Gasteiger charge is -2.36. The number of anilines is 1. The van der Waals surface area contributed by atoms with Gasteiger partial charge in [-0.2, -0.15) is 0 Å². The first-order valence-electron chi connectivity index (χ1n) is 13.1. The van der Waals surface area contributed by atoms with Crippen LogP contribution in [-0.2, 0) is 14.3 Å². The molecule has 0 radical (unpaired) electrons. The molecule has 2 atom stereocenters. The standard InChI is InChI=1S/C31H41N3O5/c1-9-23-12-14-24(15-13-23)28(29(36)33-25-16-18-26(38-8)19-17-25)34(22(4)11-10-21(2)3)27(35)20-32-30(37)39-31(5,6)7/h1,12-19,21-22,28H,10-11,20H2,2-8H3,(H,32,37)(H,33,36). The first-order valence-corrected chi connectivity index (χ1v) is 13.1. The summed E-state index contributed by atoms with van der Waals surface area (Å²) in [4.78, 5) is 41.4. The van der Waals surface area contributed by atoms with Crippen molar-refractivity contribution in [3.8, 4) is 18.1 Å². The van der Waals surface area contributed by atoms with Crippen molar-refractivity contribution >= 4 is 23.6 Å². The third-order valence-electron chi connectivity index (χ3n) is 5.98. The summed E-state index contributed by atoms with van der Waals surface area (Å²) < 4.78 is 10.5. The minimum absolute atomic E-state index is 0.306. The van der Waals surface area contributed by atoms with E-state index in [1.54, 1.807) is 81.3 Å². The van der Waals surface area contributed by atoms with Gasteiger partial charge in [0.05, 0.1) is 7.11 Å². The number of ether oxygens (including phenoxy) is 2. The topological polar surface area (TPSA) is 97.0 Å². The molecule has 0 aliphatic heterocycles. The molecule has 0 heterocycles. The maximum atomic E-state index is 13.8. The zero-order valence-corrected chi connectivity index (χ0v) is 24.0. The SMILES string of the molecule is C#Cc1ccc(C(C(=O)Nc2ccc(OC)cc2)N(C(=O)CNC(=O)OC(C)(C)C)C(C)CCC(C)C)cc1. The Balaban J connectivity index is 2.46. The average Bonchev–Trinajstić information content (AvgIpc) is 2.88. The number of nitrogens with zero attached hydrogens (tertiary/aromatic N) is 1. The van der Waals surface area contributed by atoms with Gasteiger partial charge >= 0.3 is 6.09 Å². The van der Waals surface area contributed by atoms with Crippen molar-refractivity contribution in [2.75, 3.05) is 19.0 Å². The van der Waals surface area contributed by atoms with Crippen molar-refractivity contribution in [1.29, 1.82) is 0 Å². The monoisotopic (exact) mass is 535 g/mol. The van der Waals surface area contributed by atoms with E-state index in [4.69, 9.17) is 15.9 Å². The van der Waals surface area contributed by atoms with E-state index >= 15 is 0 Å². The molecular formula is C31H41N3O5. The number of carbonyl (C=O) groups is 3. The molecule has 0 saturated heterocycles.